The molecule has 1 aromatic heterocycles. The molecule has 1 aliphatic rings. The van der Waals surface area contributed by atoms with Crippen LogP contribution in [0, 0.1) is 10.1 Å². The van der Waals surface area contributed by atoms with Crippen LogP contribution in [0.2, 0.25) is 0 Å². The Bertz CT molecular complexity index is 992. The first-order valence-corrected chi connectivity index (χ1v) is 9.24. The van der Waals surface area contributed by atoms with Crippen molar-refractivity contribution in [2.75, 3.05) is 5.32 Å². The monoisotopic (exact) mass is 384 g/mol. The summed E-state index contributed by atoms with van der Waals surface area (Å²) in [5.74, 6) is -0.336. The number of aryl methyl sites for hydroxylation is 2. The number of hydrogen-bond acceptors (Lipinski definition) is 5. The molecule has 1 atom stereocenters. The third-order valence-electron chi connectivity index (χ3n) is 5.42. The minimum absolute atomic E-state index is 0.0693. The first-order valence-electron chi connectivity index (χ1n) is 9.24. The van der Waals surface area contributed by atoms with Gasteiger partial charge in [-0.1, -0.05) is 25.5 Å². The van der Waals surface area contributed by atoms with Gasteiger partial charge in [0.1, 0.15) is 5.82 Å². The van der Waals surface area contributed by atoms with E-state index in [0.717, 1.165) is 29.9 Å². The summed E-state index contributed by atoms with van der Waals surface area (Å²) in [6.07, 6.45) is 2.60. The Morgan fingerprint density at radius 3 is 2.75 bits per heavy atom. The third kappa shape index (κ3) is 2.94. The van der Waals surface area contributed by atoms with Gasteiger partial charge in [-0.3, -0.25) is 14.8 Å². The summed E-state index contributed by atoms with van der Waals surface area (Å²) in [6, 6.07) is 6.21. The Hall–Kier alpha value is -3.16. The van der Waals surface area contributed by atoms with Crippen molar-refractivity contribution in [3.05, 3.63) is 62.5 Å². The van der Waals surface area contributed by atoms with Gasteiger partial charge in [-0.05, 0) is 32.3 Å². The SMILES string of the molecule is CCCCc1nn(C)c2c1C(C)(c1cccc([N+](=O)[O-])c1)C(C(=O)O)=C(C)N2. The highest BCUT2D eigenvalue weighted by Gasteiger charge is 2.46. The topological polar surface area (TPSA) is 110 Å². The number of nitro groups is 1. The molecule has 1 unspecified atom stereocenters. The van der Waals surface area contributed by atoms with Crippen LogP contribution in [0.25, 0.3) is 0 Å². The number of fused-ring (bicyclic) bond motifs is 1. The molecule has 148 valence electrons. The number of nitro benzene ring substituents is 1. The average molecular weight is 384 g/mol. The summed E-state index contributed by atoms with van der Waals surface area (Å²) >= 11 is 0. The predicted octanol–water partition coefficient (Wildman–Crippen LogP) is 3.76. The maximum atomic E-state index is 12.3. The summed E-state index contributed by atoms with van der Waals surface area (Å²) in [7, 11) is 1.81. The molecule has 2 heterocycles. The second-order valence-electron chi connectivity index (χ2n) is 7.26. The number of aromatic nitrogens is 2. The number of anilines is 1. The highest BCUT2D eigenvalue weighted by Crippen LogP contribution is 2.49. The van der Waals surface area contributed by atoms with Gasteiger partial charge in [0.25, 0.3) is 5.69 Å². The summed E-state index contributed by atoms with van der Waals surface area (Å²) in [5, 5.41) is 29.2. The highest BCUT2D eigenvalue weighted by molar-refractivity contribution is 5.95. The van der Waals surface area contributed by atoms with Gasteiger partial charge >= 0.3 is 5.97 Å². The molecule has 0 radical (unpaired) electrons. The molecule has 0 saturated carbocycles. The number of carboxylic acid groups (broad SMARTS) is 1. The minimum atomic E-state index is -1.07. The van der Waals surface area contributed by atoms with E-state index in [0.29, 0.717) is 17.7 Å². The lowest BCUT2D eigenvalue weighted by Gasteiger charge is -2.37. The zero-order valence-electron chi connectivity index (χ0n) is 16.4. The lowest BCUT2D eigenvalue weighted by molar-refractivity contribution is -0.384. The molecular weight excluding hydrogens is 360 g/mol. The van der Waals surface area contributed by atoms with Crippen molar-refractivity contribution in [1.82, 2.24) is 9.78 Å². The first-order chi connectivity index (χ1) is 13.2. The highest BCUT2D eigenvalue weighted by atomic mass is 16.6. The molecule has 2 aromatic rings. The standard InChI is InChI=1S/C20H24N4O4/c1-5-6-10-15-17-18(23(4)22-15)21-12(2)16(19(25)26)20(17,3)13-8-7-9-14(11-13)24(27)28/h7-9,11,21H,5-6,10H2,1-4H3,(H,25,26). The molecule has 1 aliphatic heterocycles. The van der Waals surface area contributed by atoms with Gasteiger partial charge < -0.3 is 10.4 Å². The van der Waals surface area contributed by atoms with Crippen LogP contribution in [0.1, 0.15) is 50.4 Å². The number of rotatable bonds is 6. The Morgan fingerprint density at radius 2 is 2.14 bits per heavy atom. The van der Waals surface area contributed by atoms with Crippen molar-refractivity contribution in [3.63, 3.8) is 0 Å². The van der Waals surface area contributed by atoms with E-state index < -0.39 is 16.3 Å². The normalized spacial score (nSPS) is 18.6. The van der Waals surface area contributed by atoms with Crippen LogP contribution in [-0.2, 0) is 23.7 Å². The van der Waals surface area contributed by atoms with Crippen LogP contribution in [-0.4, -0.2) is 25.8 Å². The third-order valence-corrected chi connectivity index (χ3v) is 5.42. The Balaban J connectivity index is 2.34. The minimum Gasteiger partial charge on any atom is -0.478 e. The lowest BCUT2D eigenvalue weighted by Crippen LogP contribution is -2.37. The molecule has 0 bridgehead atoms. The van der Waals surface area contributed by atoms with Crippen molar-refractivity contribution in [3.8, 4) is 0 Å². The van der Waals surface area contributed by atoms with Crippen LogP contribution >= 0.6 is 0 Å². The van der Waals surface area contributed by atoms with Gasteiger partial charge in [0.15, 0.2) is 0 Å². The van der Waals surface area contributed by atoms with E-state index in [1.807, 2.05) is 14.0 Å². The fourth-order valence-electron chi connectivity index (χ4n) is 4.10. The number of benzene rings is 1. The largest absolute Gasteiger partial charge is 0.478 e. The molecule has 0 saturated heterocycles. The molecule has 0 amide bonds. The van der Waals surface area contributed by atoms with Crippen LogP contribution in [0.3, 0.4) is 0 Å². The van der Waals surface area contributed by atoms with Gasteiger partial charge in [-0.15, -0.1) is 0 Å². The number of allylic oxidation sites excluding steroid dienone is 1. The molecule has 8 nitrogen and oxygen atoms in total. The molecule has 3 rings (SSSR count). The number of carboxylic acids is 1. The van der Waals surface area contributed by atoms with E-state index in [9.17, 15) is 20.0 Å². The van der Waals surface area contributed by atoms with E-state index >= 15 is 0 Å². The smallest absolute Gasteiger partial charge is 0.334 e. The van der Waals surface area contributed by atoms with Gasteiger partial charge in [0.05, 0.1) is 21.6 Å². The van der Waals surface area contributed by atoms with Crippen LogP contribution in [0.5, 0.6) is 0 Å². The van der Waals surface area contributed by atoms with Crippen molar-refractivity contribution < 1.29 is 14.8 Å². The van der Waals surface area contributed by atoms with Crippen LogP contribution in [0.4, 0.5) is 11.5 Å². The Kier molecular flexibility index (Phi) is 4.97. The van der Waals surface area contributed by atoms with Crippen molar-refractivity contribution >= 4 is 17.5 Å². The van der Waals surface area contributed by atoms with Gasteiger partial charge in [-0.2, -0.15) is 5.10 Å². The summed E-state index contributed by atoms with van der Waals surface area (Å²) in [4.78, 5) is 23.1. The zero-order chi connectivity index (χ0) is 20.6. The van der Waals surface area contributed by atoms with E-state index in [1.54, 1.807) is 23.7 Å². The number of nitrogens with zero attached hydrogens (tertiary/aromatic N) is 3. The molecule has 0 fully saturated rings. The summed E-state index contributed by atoms with van der Waals surface area (Å²) in [5.41, 5.74) is 1.68. The molecule has 0 spiro atoms. The number of aliphatic carboxylic acids is 1. The maximum Gasteiger partial charge on any atom is 0.334 e. The van der Waals surface area contributed by atoms with Crippen LogP contribution < -0.4 is 5.32 Å². The summed E-state index contributed by atoms with van der Waals surface area (Å²) < 4.78 is 1.72. The number of carbonyl (C=O) groups is 1. The van der Waals surface area contributed by atoms with E-state index in [4.69, 9.17) is 0 Å². The van der Waals surface area contributed by atoms with E-state index in [-0.39, 0.29) is 11.3 Å². The van der Waals surface area contributed by atoms with E-state index in [1.165, 1.54) is 12.1 Å². The fourth-order valence-corrected chi connectivity index (χ4v) is 4.10. The molecule has 8 heteroatoms. The zero-order valence-corrected chi connectivity index (χ0v) is 16.4. The molecule has 2 N–H and O–H groups in total. The fraction of sp³-hybridized carbons (Fsp3) is 0.400. The number of non-ortho nitro benzene ring substituents is 1. The second kappa shape index (κ2) is 7.10. The number of hydrogen-bond donors (Lipinski definition) is 2. The van der Waals surface area contributed by atoms with Gasteiger partial charge in [0, 0.05) is 30.4 Å². The van der Waals surface area contributed by atoms with Crippen molar-refractivity contribution in [2.24, 2.45) is 7.05 Å². The molecular formula is C20H24N4O4. The number of nitrogens with one attached hydrogen (secondary N) is 1. The molecule has 0 aliphatic carbocycles. The van der Waals surface area contributed by atoms with Crippen molar-refractivity contribution in [1.29, 1.82) is 0 Å². The first kappa shape index (κ1) is 19.6. The van der Waals surface area contributed by atoms with Gasteiger partial charge in [-0.25, -0.2) is 4.79 Å². The second-order valence-corrected chi connectivity index (χ2v) is 7.26. The molecule has 1 aromatic carbocycles. The van der Waals surface area contributed by atoms with Gasteiger partial charge in [0.2, 0.25) is 0 Å². The average Bonchev–Trinajstić information content (AvgIpc) is 2.95. The maximum absolute atomic E-state index is 12.3. The summed E-state index contributed by atoms with van der Waals surface area (Å²) in [6.45, 7) is 5.61. The van der Waals surface area contributed by atoms with E-state index in [2.05, 4.69) is 17.3 Å². The predicted molar refractivity (Wildman–Crippen MR) is 105 cm³/mol. The van der Waals surface area contributed by atoms with Crippen molar-refractivity contribution in [2.45, 2.75) is 45.4 Å². The quantitative estimate of drug-likeness (QED) is 0.579. The van der Waals surface area contributed by atoms with Crippen LogP contribution in [0.15, 0.2) is 35.5 Å². The Labute approximate surface area is 163 Å². The molecule has 28 heavy (non-hydrogen) atoms. The Morgan fingerprint density at radius 1 is 1.43 bits per heavy atom. The lowest BCUT2D eigenvalue weighted by atomic mass is 9.67. The number of unbranched alkanes of at least 4 members (excludes halogenated alkanes) is 1.